The summed E-state index contributed by atoms with van der Waals surface area (Å²) in [5, 5.41) is 38.7. The van der Waals surface area contributed by atoms with E-state index in [1.165, 1.54) is 0 Å². The van der Waals surface area contributed by atoms with Crippen molar-refractivity contribution in [1.29, 1.82) is 0 Å². The maximum atomic E-state index is 12.3. The number of anilines is 3. The molecule has 11 nitrogen and oxygen atoms in total. The van der Waals surface area contributed by atoms with E-state index >= 15 is 0 Å². The van der Waals surface area contributed by atoms with Crippen LogP contribution in [0.2, 0.25) is 0 Å². The summed E-state index contributed by atoms with van der Waals surface area (Å²) in [4.78, 5) is 16.9. The molecule has 202 valence electrons. The molecular weight excluding hydrogens is 498 g/mol. The van der Waals surface area contributed by atoms with Crippen LogP contribution in [0.1, 0.15) is 51.2 Å². The molecule has 0 unspecified atom stereocenters. The standard InChI is InChI=1S/C28H31N7O4/c1-16(2)35-23-12-18(10-11-19(23)25(37)34-35)30-24-13-21(31-22(15-36)17-8-6-5-7-9-17)20(14-29-24)26-32-33-27(39-26)28(3,4)38/h5-14,16,22,36,38H,15H2,1-4H3,(H,34,37)(H2,29,30,31)/t22-/m1/s1. The van der Waals surface area contributed by atoms with E-state index in [4.69, 9.17) is 4.42 Å². The Hall–Kier alpha value is -4.48. The first-order chi connectivity index (χ1) is 18.6. The zero-order chi connectivity index (χ0) is 27.7. The highest BCUT2D eigenvalue weighted by Gasteiger charge is 2.26. The van der Waals surface area contributed by atoms with Gasteiger partial charge in [-0.1, -0.05) is 30.3 Å². The molecule has 0 radical (unpaired) electrons. The number of aromatic nitrogens is 5. The van der Waals surface area contributed by atoms with Gasteiger partial charge < -0.3 is 25.3 Å². The lowest BCUT2D eigenvalue weighted by atomic mass is 10.1. The highest BCUT2D eigenvalue weighted by atomic mass is 16.4. The van der Waals surface area contributed by atoms with Crippen LogP contribution in [0.5, 0.6) is 0 Å². The molecule has 5 N–H and O–H groups in total. The number of H-pyrrole nitrogens is 1. The number of fused-ring (bicyclic) bond motifs is 1. The Kier molecular flexibility index (Phi) is 6.94. The van der Waals surface area contributed by atoms with E-state index in [0.29, 0.717) is 22.5 Å². The highest BCUT2D eigenvalue weighted by molar-refractivity contribution is 5.84. The third-order valence-electron chi connectivity index (χ3n) is 6.31. The smallest absolute Gasteiger partial charge is 0.271 e. The summed E-state index contributed by atoms with van der Waals surface area (Å²) >= 11 is 0. The van der Waals surface area contributed by atoms with Crippen LogP contribution in [0, 0.1) is 0 Å². The average Bonchev–Trinajstić information content (AvgIpc) is 3.53. The fourth-order valence-corrected chi connectivity index (χ4v) is 4.29. The molecule has 0 amide bonds. The number of pyridine rings is 1. The van der Waals surface area contributed by atoms with E-state index < -0.39 is 11.6 Å². The van der Waals surface area contributed by atoms with Crippen molar-refractivity contribution in [3.05, 3.63) is 82.6 Å². The maximum absolute atomic E-state index is 12.3. The lowest BCUT2D eigenvalue weighted by Crippen LogP contribution is -2.16. The van der Waals surface area contributed by atoms with Crippen molar-refractivity contribution >= 4 is 28.1 Å². The van der Waals surface area contributed by atoms with Crippen molar-refractivity contribution in [2.45, 2.75) is 45.4 Å². The fraction of sp³-hybridized carbons (Fsp3) is 0.286. The maximum Gasteiger partial charge on any atom is 0.271 e. The van der Waals surface area contributed by atoms with Gasteiger partial charge in [0.15, 0.2) is 0 Å². The van der Waals surface area contributed by atoms with Crippen LogP contribution in [-0.4, -0.2) is 41.8 Å². The van der Waals surface area contributed by atoms with Crippen LogP contribution in [0.3, 0.4) is 0 Å². The van der Waals surface area contributed by atoms with Crippen molar-refractivity contribution in [2.24, 2.45) is 0 Å². The summed E-state index contributed by atoms with van der Waals surface area (Å²) in [6, 6.07) is 16.5. The SMILES string of the molecule is CC(C)n1[nH]c(=O)c2ccc(Nc3cc(N[C@H](CO)c4ccccc4)c(-c4nnc(C(C)(C)O)o4)cn3)cc21. The summed E-state index contributed by atoms with van der Waals surface area (Å²) in [5.41, 5.74) is 2.06. The second-order valence-corrected chi connectivity index (χ2v) is 10.1. The van der Waals surface area contributed by atoms with Gasteiger partial charge in [0.2, 0.25) is 5.89 Å². The van der Waals surface area contributed by atoms with Crippen LogP contribution in [-0.2, 0) is 5.60 Å². The molecule has 0 saturated carbocycles. The zero-order valence-corrected chi connectivity index (χ0v) is 22.1. The number of aliphatic hydroxyl groups excluding tert-OH is 1. The molecule has 39 heavy (non-hydrogen) atoms. The molecule has 3 aromatic heterocycles. The third-order valence-corrected chi connectivity index (χ3v) is 6.31. The number of aromatic amines is 1. The number of nitrogens with zero attached hydrogens (tertiary/aromatic N) is 4. The Balaban J connectivity index is 1.54. The summed E-state index contributed by atoms with van der Waals surface area (Å²) in [7, 11) is 0. The molecule has 0 spiro atoms. The number of nitrogens with one attached hydrogen (secondary N) is 3. The molecule has 11 heteroatoms. The van der Waals surface area contributed by atoms with E-state index in [9.17, 15) is 15.0 Å². The molecular formula is C28H31N7O4. The minimum absolute atomic E-state index is 0.0726. The Morgan fingerprint density at radius 2 is 1.87 bits per heavy atom. The molecule has 0 bridgehead atoms. The Bertz CT molecular complexity index is 1650. The molecule has 0 aliphatic heterocycles. The van der Waals surface area contributed by atoms with Crippen LogP contribution in [0.25, 0.3) is 22.4 Å². The van der Waals surface area contributed by atoms with Gasteiger partial charge in [-0.2, -0.15) is 0 Å². The van der Waals surface area contributed by atoms with Crippen molar-refractivity contribution in [1.82, 2.24) is 25.0 Å². The number of benzene rings is 2. The van der Waals surface area contributed by atoms with Gasteiger partial charge in [0.1, 0.15) is 11.4 Å². The number of rotatable bonds is 9. The Morgan fingerprint density at radius 3 is 2.54 bits per heavy atom. The molecule has 2 aromatic carbocycles. The second kappa shape index (κ2) is 10.4. The fourth-order valence-electron chi connectivity index (χ4n) is 4.29. The van der Waals surface area contributed by atoms with Crippen molar-refractivity contribution < 1.29 is 14.6 Å². The Morgan fingerprint density at radius 1 is 1.10 bits per heavy atom. The third kappa shape index (κ3) is 5.40. The molecule has 0 fully saturated rings. The normalized spacial score (nSPS) is 12.7. The van der Waals surface area contributed by atoms with Gasteiger partial charge in [0.05, 0.1) is 34.8 Å². The van der Waals surface area contributed by atoms with E-state index in [-0.39, 0.29) is 30.0 Å². The van der Waals surface area contributed by atoms with Crippen LogP contribution in [0.15, 0.2) is 70.0 Å². The lowest BCUT2D eigenvalue weighted by Gasteiger charge is -2.20. The summed E-state index contributed by atoms with van der Waals surface area (Å²) < 4.78 is 7.60. The quantitative estimate of drug-likeness (QED) is 0.186. The second-order valence-electron chi connectivity index (χ2n) is 10.1. The molecule has 1 atom stereocenters. The van der Waals surface area contributed by atoms with Gasteiger partial charge in [-0.25, -0.2) is 4.98 Å². The largest absolute Gasteiger partial charge is 0.417 e. The van der Waals surface area contributed by atoms with Crippen molar-refractivity contribution in [2.75, 3.05) is 17.2 Å². The summed E-state index contributed by atoms with van der Waals surface area (Å²) in [6.45, 7) is 6.96. The van der Waals surface area contributed by atoms with Gasteiger partial charge in [0.25, 0.3) is 11.4 Å². The summed E-state index contributed by atoms with van der Waals surface area (Å²) in [5.74, 6) is 0.762. The molecule has 0 aliphatic rings. The monoisotopic (exact) mass is 529 g/mol. The van der Waals surface area contributed by atoms with Gasteiger partial charge in [-0.3, -0.25) is 14.6 Å². The first-order valence-electron chi connectivity index (χ1n) is 12.6. The van der Waals surface area contributed by atoms with Crippen LogP contribution in [0.4, 0.5) is 17.2 Å². The van der Waals surface area contributed by atoms with E-state index in [1.807, 2.05) is 61.0 Å². The van der Waals surface area contributed by atoms with Gasteiger partial charge in [-0.05, 0) is 51.5 Å². The highest BCUT2D eigenvalue weighted by Crippen LogP contribution is 2.34. The van der Waals surface area contributed by atoms with Gasteiger partial charge in [0, 0.05) is 24.0 Å². The first-order valence-corrected chi connectivity index (χ1v) is 12.6. The van der Waals surface area contributed by atoms with Crippen LogP contribution >= 0.6 is 0 Å². The molecule has 5 aromatic rings. The van der Waals surface area contributed by atoms with E-state index in [2.05, 4.69) is 30.9 Å². The average molecular weight is 530 g/mol. The zero-order valence-electron chi connectivity index (χ0n) is 22.1. The lowest BCUT2D eigenvalue weighted by molar-refractivity contribution is 0.0488. The minimum Gasteiger partial charge on any atom is -0.417 e. The van der Waals surface area contributed by atoms with E-state index in [1.54, 1.807) is 32.2 Å². The van der Waals surface area contributed by atoms with Crippen LogP contribution < -0.4 is 16.2 Å². The van der Waals surface area contributed by atoms with Crippen molar-refractivity contribution in [3.63, 3.8) is 0 Å². The Labute approximate surface area is 224 Å². The minimum atomic E-state index is -1.31. The summed E-state index contributed by atoms with van der Waals surface area (Å²) in [6.07, 6.45) is 1.59. The number of hydrogen-bond donors (Lipinski definition) is 5. The number of hydrogen-bond acceptors (Lipinski definition) is 9. The van der Waals surface area contributed by atoms with E-state index in [0.717, 1.165) is 16.8 Å². The molecule has 0 aliphatic carbocycles. The number of aliphatic hydroxyl groups is 2. The molecule has 3 heterocycles. The van der Waals surface area contributed by atoms with Gasteiger partial charge in [-0.15, -0.1) is 10.2 Å². The molecule has 0 saturated heterocycles. The van der Waals surface area contributed by atoms with Gasteiger partial charge >= 0.3 is 0 Å². The topological polar surface area (TPSA) is 154 Å². The van der Waals surface area contributed by atoms with Crippen molar-refractivity contribution in [3.8, 4) is 11.5 Å². The first kappa shape index (κ1) is 26.1. The predicted molar refractivity (Wildman–Crippen MR) is 149 cm³/mol. The molecule has 5 rings (SSSR count). The predicted octanol–water partition coefficient (Wildman–Crippen LogP) is 4.47.